The highest BCUT2D eigenvalue weighted by molar-refractivity contribution is 5.82. The van der Waals surface area contributed by atoms with Crippen LogP contribution in [0.3, 0.4) is 0 Å². The summed E-state index contributed by atoms with van der Waals surface area (Å²) in [7, 11) is 0. The molecule has 0 bridgehead atoms. The van der Waals surface area contributed by atoms with Crippen LogP contribution in [0.25, 0.3) is 10.8 Å². The number of aromatic nitrogens is 1. The van der Waals surface area contributed by atoms with E-state index in [0.29, 0.717) is 0 Å². The van der Waals surface area contributed by atoms with Gasteiger partial charge < -0.3 is 0 Å². The van der Waals surface area contributed by atoms with Crippen LogP contribution in [0.2, 0.25) is 0 Å². The molecule has 1 nitrogen and oxygen atoms in total. The number of rotatable bonds is 2. The number of aryl methyl sites for hydroxylation is 2. The van der Waals surface area contributed by atoms with E-state index in [-0.39, 0.29) is 0 Å². The molecule has 3 aromatic rings. The van der Waals surface area contributed by atoms with Gasteiger partial charge in [0.1, 0.15) is 0 Å². The van der Waals surface area contributed by atoms with Gasteiger partial charge in [0.25, 0.3) is 0 Å². The summed E-state index contributed by atoms with van der Waals surface area (Å²) in [6.45, 7) is 4.31. The Kier molecular flexibility index (Phi) is 3.04. The summed E-state index contributed by atoms with van der Waals surface area (Å²) >= 11 is 0. The van der Waals surface area contributed by atoms with Crippen molar-refractivity contribution in [3.05, 3.63) is 77.1 Å². The zero-order valence-electron chi connectivity index (χ0n) is 11.4. The minimum atomic E-state index is 0.980. The summed E-state index contributed by atoms with van der Waals surface area (Å²) in [5.74, 6) is 0. The molecule has 0 N–H and O–H groups in total. The van der Waals surface area contributed by atoms with E-state index in [1.807, 2.05) is 12.4 Å². The van der Waals surface area contributed by atoms with Crippen molar-refractivity contribution in [2.24, 2.45) is 0 Å². The smallest absolute Gasteiger partial charge is 0.0346 e. The third kappa shape index (κ3) is 2.65. The van der Waals surface area contributed by atoms with Gasteiger partial charge in [-0.05, 0) is 48.9 Å². The highest BCUT2D eigenvalue weighted by Gasteiger charge is 2.00. The molecule has 1 heteroatoms. The second-order valence-corrected chi connectivity index (χ2v) is 5.23. The Morgan fingerprint density at radius 1 is 0.789 bits per heavy atom. The summed E-state index contributed by atoms with van der Waals surface area (Å²) < 4.78 is 0. The minimum Gasteiger partial charge on any atom is -0.264 e. The molecule has 0 aliphatic rings. The fourth-order valence-electron chi connectivity index (χ4n) is 2.65. The molecule has 0 unspecified atom stereocenters. The Hall–Kier alpha value is -2.15. The first-order valence-corrected chi connectivity index (χ1v) is 6.60. The van der Waals surface area contributed by atoms with Crippen LogP contribution in [-0.4, -0.2) is 4.98 Å². The predicted octanol–water partition coefficient (Wildman–Crippen LogP) is 4.44. The maximum Gasteiger partial charge on any atom is 0.0346 e. The summed E-state index contributed by atoms with van der Waals surface area (Å²) in [4.78, 5) is 4.19. The number of benzene rings is 2. The molecular formula is C18H17N. The summed E-state index contributed by atoms with van der Waals surface area (Å²) in [6, 6.07) is 15.4. The third-order valence-electron chi connectivity index (χ3n) is 3.39. The monoisotopic (exact) mass is 247 g/mol. The largest absolute Gasteiger partial charge is 0.264 e. The Morgan fingerprint density at radius 2 is 1.58 bits per heavy atom. The van der Waals surface area contributed by atoms with Crippen LogP contribution in [0.4, 0.5) is 0 Å². The molecule has 0 amide bonds. The van der Waals surface area contributed by atoms with E-state index in [9.17, 15) is 0 Å². The molecule has 2 aromatic carbocycles. The van der Waals surface area contributed by atoms with Gasteiger partial charge in [-0.25, -0.2) is 0 Å². The Balaban J connectivity index is 1.96. The Labute approximate surface area is 113 Å². The van der Waals surface area contributed by atoms with E-state index < -0.39 is 0 Å². The van der Waals surface area contributed by atoms with E-state index in [1.165, 1.54) is 33.0 Å². The molecular weight excluding hydrogens is 230 g/mol. The maximum atomic E-state index is 4.19. The number of fused-ring (bicyclic) bond motifs is 1. The van der Waals surface area contributed by atoms with Crippen molar-refractivity contribution in [3.8, 4) is 0 Å². The molecule has 1 heterocycles. The van der Waals surface area contributed by atoms with Crippen LogP contribution >= 0.6 is 0 Å². The highest BCUT2D eigenvalue weighted by atomic mass is 14.6. The summed E-state index contributed by atoms with van der Waals surface area (Å²) in [6.07, 6.45) is 4.75. The van der Waals surface area contributed by atoms with Gasteiger partial charge in [-0.1, -0.05) is 41.5 Å². The van der Waals surface area contributed by atoms with Crippen LogP contribution in [0.1, 0.15) is 22.3 Å². The first-order chi connectivity index (χ1) is 9.20. The quantitative estimate of drug-likeness (QED) is 0.652. The summed E-state index contributed by atoms with van der Waals surface area (Å²) in [5, 5.41) is 2.46. The third-order valence-corrected chi connectivity index (χ3v) is 3.39. The van der Waals surface area contributed by atoms with Crippen molar-refractivity contribution in [2.45, 2.75) is 20.3 Å². The number of pyridine rings is 1. The molecule has 0 aliphatic heterocycles. The number of hydrogen-bond acceptors (Lipinski definition) is 1. The molecule has 0 atom stereocenters. The molecule has 0 spiro atoms. The maximum absolute atomic E-state index is 4.19. The molecule has 0 saturated carbocycles. The van der Waals surface area contributed by atoms with E-state index >= 15 is 0 Å². The van der Waals surface area contributed by atoms with Gasteiger partial charge in [-0.15, -0.1) is 0 Å². The zero-order chi connectivity index (χ0) is 13.2. The lowest BCUT2D eigenvalue weighted by Gasteiger charge is -2.06. The van der Waals surface area contributed by atoms with Crippen molar-refractivity contribution in [1.82, 2.24) is 4.98 Å². The highest BCUT2D eigenvalue weighted by Crippen LogP contribution is 2.18. The second-order valence-electron chi connectivity index (χ2n) is 5.23. The lowest BCUT2D eigenvalue weighted by Crippen LogP contribution is -1.91. The van der Waals surface area contributed by atoms with Crippen LogP contribution in [0, 0.1) is 13.8 Å². The van der Waals surface area contributed by atoms with Gasteiger partial charge in [-0.2, -0.15) is 0 Å². The number of hydrogen-bond donors (Lipinski definition) is 0. The fourth-order valence-corrected chi connectivity index (χ4v) is 2.65. The molecule has 0 radical (unpaired) electrons. The van der Waals surface area contributed by atoms with Gasteiger partial charge in [0.05, 0.1) is 0 Å². The molecule has 94 valence electrons. The lowest BCUT2D eigenvalue weighted by molar-refractivity contribution is 1.17. The average molecular weight is 247 g/mol. The Bertz CT molecular complexity index is 708. The molecule has 0 fully saturated rings. The predicted molar refractivity (Wildman–Crippen MR) is 80.5 cm³/mol. The first kappa shape index (κ1) is 11.9. The van der Waals surface area contributed by atoms with Crippen LogP contribution < -0.4 is 0 Å². The zero-order valence-corrected chi connectivity index (χ0v) is 11.4. The van der Waals surface area contributed by atoms with Gasteiger partial charge in [0.2, 0.25) is 0 Å². The Morgan fingerprint density at radius 3 is 2.37 bits per heavy atom. The van der Waals surface area contributed by atoms with Crippen LogP contribution in [0.5, 0.6) is 0 Å². The van der Waals surface area contributed by atoms with Crippen LogP contribution in [-0.2, 0) is 6.42 Å². The second kappa shape index (κ2) is 4.85. The van der Waals surface area contributed by atoms with Gasteiger partial charge in [0, 0.05) is 17.8 Å². The van der Waals surface area contributed by atoms with Crippen molar-refractivity contribution in [2.75, 3.05) is 0 Å². The van der Waals surface area contributed by atoms with Crippen LogP contribution in [0.15, 0.2) is 54.9 Å². The van der Waals surface area contributed by atoms with Crippen molar-refractivity contribution < 1.29 is 0 Å². The first-order valence-electron chi connectivity index (χ1n) is 6.60. The van der Waals surface area contributed by atoms with Crippen molar-refractivity contribution >= 4 is 10.8 Å². The van der Waals surface area contributed by atoms with Crippen molar-refractivity contribution in [3.63, 3.8) is 0 Å². The molecule has 19 heavy (non-hydrogen) atoms. The standard InChI is InChI=1S/C18H17N/c1-13-7-14(2)9-16(8-13)10-15-3-4-17-5-6-19-12-18(17)11-15/h3-9,11-12H,10H2,1-2H3. The molecule has 0 saturated heterocycles. The minimum absolute atomic E-state index is 0.980. The molecule has 0 aliphatic carbocycles. The number of nitrogens with zero attached hydrogens (tertiary/aromatic N) is 1. The molecule has 3 rings (SSSR count). The van der Waals surface area contributed by atoms with Crippen molar-refractivity contribution in [1.29, 1.82) is 0 Å². The van der Waals surface area contributed by atoms with E-state index in [0.717, 1.165) is 6.42 Å². The van der Waals surface area contributed by atoms with Gasteiger partial charge in [-0.3, -0.25) is 4.98 Å². The lowest BCUT2D eigenvalue weighted by atomic mass is 9.99. The van der Waals surface area contributed by atoms with E-state index in [2.05, 4.69) is 61.3 Å². The SMILES string of the molecule is Cc1cc(C)cc(Cc2ccc3ccncc3c2)c1. The molecule has 1 aromatic heterocycles. The normalized spacial score (nSPS) is 10.8. The summed E-state index contributed by atoms with van der Waals surface area (Å²) in [5.41, 5.74) is 5.38. The fraction of sp³-hybridized carbons (Fsp3) is 0.167. The average Bonchev–Trinajstić information content (AvgIpc) is 2.37. The van der Waals surface area contributed by atoms with E-state index in [4.69, 9.17) is 0 Å². The van der Waals surface area contributed by atoms with E-state index in [1.54, 1.807) is 0 Å². The topological polar surface area (TPSA) is 12.9 Å². The van der Waals surface area contributed by atoms with Gasteiger partial charge in [0.15, 0.2) is 0 Å². The van der Waals surface area contributed by atoms with Gasteiger partial charge >= 0.3 is 0 Å².